The van der Waals surface area contributed by atoms with Crippen molar-refractivity contribution >= 4 is 11.1 Å². The lowest BCUT2D eigenvalue weighted by Gasteiger charge is -2.39. The lowest BCUT2D eigenvalue weighted by molar-refractivity contribution is 0.0968. The summed E-state index contributed by atoms with van der Waals surface area (Å²) in [4.78, 5) is 2.33. The predicted molar refractivity (Wildman–Crippen MR) is 142 cm³/mol. The SMILES string of the molecule is FCCCN1CC(Cc2ccc(C3=C(c4cccc(CC(F)F)c4)CCCc4ccccc43)cc2)C1. The highest BCUT2D eigenvalue weighted by Crippen LogP contribution is 2.40. The summed E-state index contributed by atoms with van der Waals surface area (Å²) in [6, 6.07) is 25.3. The van der Waals surface area contributed by atoms with Crippen LogP contribution < -0.4 is 0 Å². The smallest absolute Gasteiger partial charge is 0.242 e. The van der Waals surface area contributed by atoms with E-state index in [-0.39, 0.29) is 13.1 Å². The van der Waals surface area contributed by atoms with Gasteiger partial charge in [-0.15, -0.1) is 0 Å². The second kappa shape index (κ2) is 11.5. The maximum Gasteiger partial charge on any atom is 0.242 e. The van der Waals surface area contributed by atoms with Crippen LogP contribution in [0.4, 0.5) is 13.2 Å². The van der Waals surface area contributed by atoms with Gasteiger partial charge in [-0.1, -0.05) is 72.8 Å². The third kappa shape index (κ3) is 5.75. The quantitative estimate of drug-likeness (QED) is 0.299. The standard InChI is InChI=1S/C32H34F3N/c33-16-5-17-36-21-25(22-36)18-23-12-14-27(15-13-23)32-29-10-2-1-7-26(29)8-4-11-30(32)28-9-3-6-24(19-28)20-31(34)35/h1-3,6-7,9-10,12-15,19,25,31H,4-5,8,11,16-18,20-22H2. The average molecular weight is 490 g/mol. The minimum Gasteiger partial charge on any atom is -0.303 e. The molecular weight excluding hydrogens is 455 g/mol. The zero-order valence-electron chi connectivity index (χ0n) is 20.7. The zero-order valence-corrected chi connectivity index (χ0v) is 20.7. The summed E-state index contributed by atoms with van der Waals surface area (Å²) in [5, 5.41) is 0. The van der Waals surface area contributed by atoms with E-state index in [2.05, 4.69) is 59.5 Å². The van der Waals surface area contributed by atoms with E-state index in [4.69, 9.17) is 0 Å². The molecule has 1 saturated heterocycles. The van der Waals surface area contributed by atoms with E-state index < -0.39 is 6.43 Å². The van der Waals surface area contributed by atoms with Gasteiger partial charge in [-0.25, -0.2) is 8.78 Å². The van der Waals surface area contributed by atoms with Crippen LogP contribution in [0.15, 0.2) is 72.8 Å². The minimum absolute atomic E-state index is 0.214. The number of aryl methyl sites for hydroxylation is 1. The molecule has 3 aromatic carbocycles. The van der Waals surface area contributed by atoms with Crippen molar-refractivity contribution in [3.05, 3.63) is 106 Å². The summed E-state index contributed by atoms with van der Waals surface area (Å²) in [6.45, 7) is 2.74. The molecule has 0 unspecified atom stereocenters. The van der Waals surface area contributed by atoms with Crippen LogP contribution in [0.3, 0.4) is 0 Å². The first-order chi connectivity index (χ1) is 17.6. The first-order valence-electron chi connectivity index (χ1n) is 13.2. The zero-order chi connectivity index (χ0) is 24.9. The van der Waals surface area contributed by atoms with E-state index in [1.54, 1.807) is 6.07 Å². The molecule has 0 radical (unpaired) electrons. The third-order valence-corrected chi connectivity index (χ3v) is 7.53. The van der Waals surface area contributed by atoms with Crippen molar-refractivity contribution in [1.82, 2.24) is 4.90 Å². The van der Waals surface area contributed by atoms with E-state index in [0.29, 0.717) is 17.9 Å². The largest absolute Gasteiger partial charge is 0.303 e. The van der Waals surface area contributed by atoms with Gasteiger partial charge in [0.25, 0.3) is 0 Å². The first-order valence-corrected chi connectivity index (χ1v) is 13.2. The molecule has 5 rings (SSSR count). The van der Waals surface area contributed by atoms with Crippen LogP contribution in [0.25, 0.3) is 11.1 Å². The Labute approximate surface area is 212 Å². The fraction of sp³-hybridized carbons (Fsp3) is 0.375. The number of allylic oxidation sites excluding steroid dienone is 1. The van der Waals surface area contributed by atoms with Crippen LogP contribution in [0.5, 0.6) is 0 Å². The Bertz CT molecular complexity index is 1190. The fourth-order valence-corrected chi connectivity index (χ4v) is 5.82. The molecule has 3 aromatic rings. The molecule has 0 spiro atoms. The number of fused-ring (bicyclic) bond motifs is 1. The van der Waals surface area contributed by atoms with E-state index in [1.165, 1.54) is 33.4 Å². The number of alkyl halides is 3. The molecule has 188 valence electrons. The van der Waals surface area contributed by atoms with Crippen molar-refractivity contribution in [1.29, 1.82) is 0 Å². The van der Waals surface area contributed by atoms with Gasteiger partial charge >= 0.3 is 0 Å². The van der Waals surface area contributed by atoms with Crippen molar-refractivity contribution in [2.24, 2.45) is 5.92 Å². The molecule has 0 aromatic heterocycles. The summed E-state index contributed by atoms with van der Waals surface area (Å²) in [5.74, 6) is 0.640. The topological polar surface area (TPSA) is 3.24 Å². The average Bonchev–Trinajstić information content (AvgIpc) is 3.05. The minimum atomic E-state index is -2.34. The molecule has 0 amide bonds. The number of hydrogen-bond acceptors (Lipinski definition) is 1. The number of rotatable bonds is 9. The van der Waals surface area contributed by atoms with Gasteiger partial charge in [0.2, 0.25) is 6.43 Å². The van der Waals surface area contributed by atoms with Gasteiger partial charge < -0.3 is 4.90 Å². The van der Waals surface area contributed by atoms with Gasteiger partial charge in [-0.05, 0) is 82.5 Å². The van der Waals surface area contributed by atoms with E-state index >= 15 is 0 Å². The van der Waals surface area contributed by atoms with E-state index in [0.717, 1.165) is 50.9 Å². The Morgan fingerprint density at radius 2 is 1.64 bits per heavy atom. The molecule has 1 aliphatic carbocycles. The van der Waals surface area contributed by atoms with Gasteiger partial charge in [0.05, 0.1) is 6.67 Å². The van der Waals surface area contributed by atoms with E-state index in [1.807, 2.05) is 12.1 Å². The highest BCUT2D eigenvalue weighted by Gasteiger charge is 2.26. The maximum atomic E-state index is 13.1. The molecule has 4 heteroatoms. The highest BCUT2D eigenvalue weighted by molar-refractivity contribution is 5.99. The number of benzene rings is 3. The summed E-state index contributed by atoms with van der Waals surface area (Å²) in [5.41, 5.74) is 9.31. The van der Waals surface area contributed by atoms with Crippen LogP contribution in [0.2, 0.25) is 0 Å². The molecule has 36 heavy (non-hydrogen) atoms. The Hall–Kier alpha value is -2.85. The van der Waals surface area contributed by atoms with Crippen molar-refractivity contribution in [3.63, 3.8) is 0 Å². The van der Waals surface area contributed by atoms with Crippen LogP contribution >= 0.6 is 0 Å². The van der Waals surface area contributed by atoms with Gasteiger partial charge in [-0.2, -0.15) is 0 Å². The molecule has 1 fully saturated rings. The maximum absolute atomic E-state index is 13.1. The highest BCUT2D eigenvalue weighted by atomic mass is 19.3. The Morgan fingerprint density at radius 1 is 0.833 bits per heavy atom. The molecule has 0 N–H and O–H groups in total. The summed E-state index contributed by atoms with van der Waals surface area (Å²) in [6.07, 6.45) is 2.08. The molecule has 0 bridgehead atoms. The molecule has 1 heterocycles. The predicted octanol–water partition coefficient (Wildman–Crippen LogP) is 7.62. The van der Waals surface area contributed by atoms with Crippen molar-refractivity contribution in [2.45, 2.75) is 45.0 Å². The lowest BCUT2D eigenvalue weighted by atomic mass is 9.86. The molecular formula is C32H34F3N. The van der Waals surface area contributed by atoms with Crippen molar-refractivity contribution < 1.29 is 13.2 Å². The lowest BCUT2D eigenvalue weighted by Crippen LogP contribution is -2.47. The second-order valence-corrected chi connectivity index (χ2v) is 10.2. The van der Waals surface area contributed by atoms with Gasteiger partial charge in [0.15, 0.2) is 0 Å². The van der Waals surface area contributed by atoms with Gasteiger partial charge in [0.1, 0.15) is 0 Å². The summed E-state index contributed by atoms with van der Waals surface area (Å²) >= 11 is 0. The second-order valence-electron chi connectivity index (χ2n) is 10.2. The molecule has 2 aliphatic rings. The molecule has 0 atom stereocenters. The van der Waals surface area contributed by atoms with Crippen LogP contribution in [0.1, 0.15) is 52.6 Å². The first kappa shape index (κ1) is 24.8. The summed E-state index contributed by atoms with van der Waals surface area (Å²) < 4.78 is 38.6. The van der Waals surface area contributed by atoms with E-state index in [9.17, 15) is 13.2 Å². The number of halogens is 3. The molecule has 0 saturated carbocycles. The third-order valence-electron chi connectivity index (χ3n) is 7.53. The van der Waals surface area contributed by atoms with Crippen LogP contribution in [-0.2, 0) is 19.3 Å². The summed E-state index contributed by atoms with van der Waals surface area (Å²) in [7, 11) is 0. The van der Waals surface area contributed by atoms with Crippen molar-refractivity contribution in [3.8, 4) is 0 Å². The number of nitrogens with zero attached hydrogens (tertiary/aromatic N) is 1. The monoisotopic (exact) mass is 489 g/mol. The van der Waals surface area contributed by atoms with Crippen LogP contribution in [0, 0.1) is 5.92 Å². The number of likely N-dealkylation sites (tertiary alicyclic amines) is 1. The Kier molecular flexibility index (Phi) is 7.91. The van der Waals surface area contributed by atoms with Crippen molar-refractivity contribution in [2.75, 3.05) is 26.3 Å². The molecule has 1 nitrogen and oxygen atoms in total. The fourth-order valence-electron chi connectivity index (χ4n) is 5.82. The number of hydrogen-bond donors (Lipinski definition) is 0. The molecule has 1 aliphatic heterocycles. The van der Waals surface area contributed by atoms with Gasteiger partial charge in [0, 0.05) is 26.1 Å². The normalized spacial score (nSPS) is 16.7. The van der Waals surface area contributed by atoms with Gasteiger partial charge in [-0.3, -0.25) is 4.39 Å². The Morgan fingerprint density at radius 3 is 2.42 bits per heavy atom. The van der Waals surface area contributed by atoms with Crippen LogP contribution in [-0.4, -0.2) is 37.6 Å². The Balaban J connectivity index is 1.45.